The third-order valence-electron chi connectivity index (χ3n) is 5.61. The van der Waals surface area contributed by atoms with Crippen molar-refractivity contribution in [2.45, 2.75) is 18.9 Å². The van der Waals surface area contributed by atoms with Crippen LogP contribution in [0.2, 0.25) is 0 Å². The molecule has 1 aliphatic rings. The maximum atomic E-state index is 13.3. The van der Waals surface area contributed by atoms with Crippen LogP contribution in [0.15, 0.2) is 48.3 Å². The molecule has 6 nitrogen and oxygen atoms in total. The first-order valence-corrected chi connectivity index (χ1v) is 10.7. The van der Waals surface area contributed by atoms with Gasteiger partial charge in [0.05, 0.1) is 24.3 Å². The molecular formula is C24H18F6N4O2. The fourth-order valence-corrected chi connectivity index (χ4v) is 3.93. The van der Waals surface area contributed by atoms with Crippen molar-refractivity contribution in [3.05, 3.63) is 70.6 Å². The summed E-state index contributed by atoms with van der Waals surface area (Å²) in [4.78, 5) is 18.4. The van der Waals surface area contributed by atoms with Gasteiger partial charge in [0.2, 0.25) is 0 Å². The maximum absolute atomic E-state index is 13.3. The Bertz CT molecular complexity index is 1330. The Balaban J connectivity index is 1.75. The number of carbonyl (C=O) groups is 1. The molecule has 36 heavy (non-hydrogen) atoms. The molecule has 0 atom stereocenters. The van der Waals surface area contributed by atoms with Gasteiger partial charge in [-0.25, -0.2) is 4.98 Å². The highest BCUT2D eigenvalue weighted by molar-refractivity contribution is 6.03. The summed E-state index contributed by atoms with van der Waals surface area (Å²) in [5, 5.41) is 10.1. The van der Waals surface area contributed by atoms with Crippen LogP contribution in [0.25, 0.3) is 17.1 Å². The summed E-state index contributed by atoms with van der Waals surface area (Å²) in [5.74, 6) is -0.502. The molecule has 12 heteroatoms. The summed E-state index contributed by atoms with van der Waals surface area (Å²) in [6, 6.07) is 6.47. The number of morpholine rings is 1. The number of halogens is 6. The van der Waals surface area contributed by atoms with E-state index >= 15 is 0 Å². The molecule has 188 valence electrons. The molecule has 3 heterocycles. The number of amides is 1. The van der Waals surface area contributed by atoms with Crippen molar-refractivity contribution in [2.24, 2.45) is 0 Å². The SMILES string of the molecule is N#C/C(=C\c1cn(Cc2cc(C(F)(F)F)cc(C(F)(F)F)c2)c2ncccc12)C(=O)N1CCOCC1. The van der Waals surface area contributed by atoms with E-state index in [9.17, 15) is 36.4 Å². The molecule has 0 radical (unpaired) electrons. The Labute approximate surface area is 201 Å². The second-order valence-corrected chi connectivity index (χ2v) is 8.08. The number of hydrogen-bond donors (Lipinski definition) is 0. The van der Waals surface area contributed by atoms with E-state index in [2.05, 4.69) is 4.98 Å². The van der Waals surface area contributed by atoms with Crippen LogP contribution in [0, 0.1) is 11.3 Å². The van der Waals surface area contributed by atoms with Crippen molar-refractivity contribution >= 4 is 23.0 Å². The zero-order chi connectivity index (χ0) is 26.1. The molecule has 1 aromatic carbocycles. The minimum atomic E-state index is -4.97. The first kappa shape index (κ1) is 25.2. The molecule has 1 fully saturated rings. The number of nitriles is 1. The van der Waals surface area contributed by atoms with Crippen molar-refractivity contribution in [3.63, 3.8) is 0 Å². The van der Waals surface area contributed by atoms with E-state index in [1.54, 1.807) is 12.1 Å². The van der Waals surface area contributed by atoms with Crippen molar-refractivity contribution in [2.75, 3.05) is 26.3 Å². The number of carbonyl (C=O) groups excluding carboxylic acids is 1. The van der Waals surface area contributed by atoms with Crippen molar-refractivity contribution in [3.8, 4) is 6.07 Å². The standard InChI is InChI=1S/C24H18F6N4O2/c25-23(26,27)18-8-15(9-19(11-18)24(28,29)30)13-34-14-17(20-2-1-3-32-21(20)34)10-16(12-31)22(35)33-4-6-36-7-5-33/h1-3,8-11,14H,4-7,13H2/b16-10+. The summed E-state index contributed by atoms with van der Waals surface area (Å²) >= 11 is 0. The summed E-state index contributed by atoms with van der Waals surface area (Å²) in [6.07, 6.45) is -5.74. The largest absolute Gasteiger partial charge is 0.416 e. The molecular weight excluding hydrogens is 490 g/mol. The van der Waals surface area contributed by atoms with Gasteiger partial charge in [0.25, 0.3) is 5.91 Å². The zero-order valence-electron chi connectivity index (χ0n) is 18.5. The number of alkyl halides is 6. The molecule has 1 amide bonds. The quantitative estimate of drug-likeness (QED) is 0.286. The summed E-state index contributed by atoms with van der Waals surface area (Å²) < 4.78 is 86.2. The fourth-order valence-electron chi connectivity index (χ4n) is 3.93. The second kappa shape index (κ2) is 9.66. The molecule has 0 saturated carbocycles. The van der Waals surface area contributed by atoms with Crippen molar-refractivity contribution in [1.82, 2.24) is 14.5 Å². The molecule has 0 unspecified atom stereocenters. The van der Waals surface area contributed by atoms with Gasteiger partial charge in [0, 0.05) is 43.0 Å². The third kappa shape index (κ3) is 5.36. The number of fused-ring (bicyclic) bond motifs is 1. The highest BCUT2D eigenvalue weighted by Crippen LogP contribution is 2.36. The van der Waals surface area contributed by atoms with Crippen LogP contribution in [-0.2, 0) is 28.4 Å². The average Bonchev–Trinajstić information content (AvgIpc) is 3.18. The van der Waals surface area contributed by atoms with Gasteiger partial charge in [-0.3, -0.25) is 4.79 Å². The van der Waals surface area contributed by atoms with Crippen LogP contribution < -0.4 is 0 Å². The average molecular weight is 508 g/mol. The Morgan fingerprint density at radius 1 is 1.08 bits per heavy atom. The first-order chi connectivity index (χ1) is 17.0. The van der Waals surface area contributed by atoms with Crippen LogP contribution in [-0.4, -0.2) is 46.7 Å². The molecule has 1 saturated heterocycles. The fraction of sp³-hybridized carbons (Fsp3) is 0.292. The Morgan fingerprint density at radius 3 is 2.31 bits per heavy atom. The predicted octanol–water partition coefficient (Wildman–Crippen LogP) is 4.89. The molecule has 3 aromatic rings. The highest BCUT2D eigenvalue weighted by atomic mass is 19.4. The van der Waals surface area contributed by atoms with E-state index < -0.39 is 29.4 Å². The van der Waals surface area contributed by atoms with Crippen LogP contribution in [0.1, 0.15) is 22.3 Å². The maximum Gasteiger partial charge on any atom is 0.416 e. The third-order valence-corrected chi connectivity index (χ3v) is 5.61. The van der Waals surface area contributed by atoms with Gasteiger partial charge in [-0.05, 0) is 42.0 Å². The monoisotopic (exact) mass is 508 g/mol. The lowest BCUT2D eigenvalue weighted by atomic mass is 10.0. The molecule has 0 N–H and O–H groups in total. The van der Waals surface area contributed by atoms with E-state index in [0.29, 0.717) is 49.4 Å². The van der Waals surface area contributed by atoms with E-state index in [0.717, 1.165) is 0 Å². The van der Waals surface area contributed by atoms with E-state index in [1.807, 2.05) is 6.07 Å². The van der Waals surface area contributed by atoms with Gasteiger partial charge < -0.3 is 14.2 Å². The van der Waals surface area contributed by atoms with Crippen LogP contribution >= 0.6 is 0 Å². The molecule has 2 aromatic heterocycles. The van der Waals surface area contributed by atoms with Crippen molar-refractivity contribution < 1.29 is 35.9 Å². The van der Waals surface area contributed by atoms with Gasteiger partial charge in [0.15, 0.2) is 0 Å². The molecule has 0 aliphatic carbocycles. The van der Waals surface area contributed by atoms with Gasteiger partial charge >= 0.3 is 12.4 Å². The number of aromatic nitrogens is 2. The Kier molecular flexibility index (Phi) is 6.77. The first-order valence-electron chi connectivity index (χ1n) is 10.7. The van der Waals surface area contributed by atoms with Crippen molar-refractivity contribution in [1.29, 1.82) is 5.26 Å². The lowest BCUT2D eigenvalue weighted by Crippen LogP contribution is -2.41. The van der Waals surface area contributed by atoms with E-state index in [4.69, 9.17) is 4.74 Å². The Hall–Kier alpha value is -3.85. The predicted molar refractivity (Wildman–Crippen MR) is 116 cm³/mol. The van der Waals surface area contributed by atoms with Gasteiger partial charge in [0.1, 0.15) is 17.3 Å². The topological polar surface area (TPSA) is 71.2 Å². The number of benzene rings is 1. The normalized spacial score (nSPS) is 15.2. The smallest absolute Gasteiger partial charge is 0.378 e. The number of ether oxygens (including phenoxy) is 1. The lowest BCUT2D eigenvalue weighted by Gasteiger charge is -2.26. The number of nitrogens with zero attached hydrogens (tertiary/aromatic N) is 4. The number of pyridine rings is 1. The summed E-state index contributed by atoms with van der Waals surface area (Å²) in [5.41, 5.74) is -2.59. The van der Waals surface area contributed by atoms with Gasteiger partial charge in [-0.1, -0.05) is 0 Å². The summed E-state index contributed by atoms with van der Waals surface area (Å²) in [7, 11) is 0. The Morgan fingerprint density at radius 2 is 1.72 bits per heavy atom. The number of rotatable bonds is 4. The number of hydrogen-bond acceptors (Lipinski definition) is 4. The minimum Gasteiger partial charge on any atom is -0.378 e. The van der Waals surface area contributed by atoms with Gasteiger partial charge in [-0.15, -0.1) is 0 Å². The summed E-state index contributed by atoms with van der Waals surface area (Å²) in [6.45, 7) is 0.958. The van der Waals surface area contributed by atoms with Gasteiger partial charge in [-0.2, -0.15) is 31.6 Å². The van der Waals surface area contributed by atoms with Crippen LogP contribution in [0.4, 0.5) is 26.3 Å². The second-order valence-electron chi connectivity index (χ2n) is 8.08. The minimum absolute atomic E-state index is 0.0696. The molecule has 1 aliphatic heterocycles. The zero-order valence-corrected chi connectivity index (χ0v) is 18.5. The van der Waals surface area contributed by atoms with Crippen LogP contribution in [0.3, 0.4) is 0 Å². The van der Waals surface area contributed by atoms with E-state index in [1.165, 1.54) is 27.9 Å². The highest BCUT2D eigenvalue weighted by Gasteiger charge is 2.37. The molecule has 0 bridgehead atoms. The van der Waals surface area contributed by atoms with E-state index in [-0.39, 0.29) is 29.4 Å². The van der Waals surface area contributed by atoms with Crippen LogP contribution in [0.5, 0.6) is 0 Å². The molecule has 0 spiro atoms. The molecule has 4 rings (SSSR count). The lowest BCUT2D eigenvalue weighted by molar-refractivity contribution is -0.143.